The molecule has 2 heterocycles. The number of halogens is 1. The van der Waals surface area contributed by atoms with Crippen molar-refractivity contribution in [1.82, 2.24) is 9.97 Å². The Morgan fingerprint density at radius 1 is 1.30 bits per heavy atom. The van der Waals surface area contributed by atoms with Crippen molar-refractivity contribution < 1.29 is 14.6 Å². The van der Waals surface area contributed by atoms with Crippen LogP contribution in [0.5, 0.6) is 5.88 Å². The normalized spacial score (nSPS) is 10.2. The number of hydrogen-bond acceptors (Lipinski definition) is 4. The van der Waals surface area contributed by atoms with Gasteiger partial charge in [0.2, 0.25) is 5.88 Å². The predicted octanol–water partition coefficient (Wildman–Crippen LogP) is 2.84. The number of pyridine rings is 2. The molecule has 6 heteroatoms. The van der Waals surface area contributed by atoms with Gasteiger partial charge in [-0.1, -0.05) is 11.6 Å². The van der Waals surface area contributed by atoms with Gasteiger partial charge >= 0.3 is 5.97 Å². The lowest BCUT2D eigenvalue weighted by atomic mass is 10.1. The van der Waals surface area contributed by atoms with Gasteiger partial charge in [-0.15, -0.1) is 0 Å². The molecule has 0 bridgehead atoms. The lowest BCUT2D eigenvalue weighted by Crippen LogP contribution is -2.03. The van der Waals surface area contributed by atoms with Crippen molar-refractivity contribution in [3.05, 3.63) is 52.9 Å². The molecule has 0 spiro atoms. The molecule has 0 saturated heterocycles. The molecule has 2 aromatic heterocycles. The lowest BCUT2D eigenvalue weighted by Gasteiger charge is -2.06. The second-order valence-electron chi connectivity index (χ2n) is 4.13. The predicted molar refractivity (Wildman–Crippen MR) is 74.3 cm³/mol. The van der Waals surface area contributed by atoms with Crippen molar-refractivity contribution >= 4 is 17.6 Å². The highest BCUT2D eigenvalue weighted by Gasteiger charge is 2.08. The Labute approximate surface area is 121 Å². The summed E-state index contributed by atoms with van der Waals surface area (Å²) in [6.07, 6.45) is 5.14. The largest absolute Gasteiger partial charge is 0.478 e. The maximum Gasteiger partial charge on any atom is 0.335 e. The van der Waals surface area contributed by atoms with Crippen molar-refractivity contribution in [1.29, 1.82) is 0 Å². The molecule has 0 saturated carbocycles. The third-order valence-corrected chi connectivity index (χ3v) is 2.82. The van der Waals surface area contributed by atoms with E-state index in [1.165, 1.54) is 17.7 Å². The molecule has 0 atom stereocenters. The molecule has 2 rings (SSSR count). The average molecular weight is 293 g/mol. The molecule has 1 N–H and O–H groups in total. The van der Waals surface area contributed by atoms with Crippen LogP contribution in [0.1, 0.15) is 22.3 Å². The zero-order valence-electron chi connectivity index (χ0n) is 10.6. The van der Waals surface area contributed by atoms with Gasteiger partial charge in [0.25, 0.3) is 0 Å². The number of carbonyl (C=O) groups is 1. The Morgan fingerprint density at radius 2 is 2.05 bits per heavy atom. The fourth-order valence-electron chi connectivity index (χ4n) is 1.67. The molecule has 0 aliphatic heterocycles. The van der Waals surface area contributed by atoms with Crippen LogP contribution in [0.15, 0.2) is 36.7 Å². The van der Waals surface area contributed by atoms with E-state index in [4.69, 9.17) is 21.4 Å². The van der Waals surface area contributed by atoms with E-state index in [9.17, 15) is 4.79 Å². The standard InChI is InChI=1S/C14H13ClN2O3/c15-12-8-11(14(18)19)9-13(17-12)20-7-1-2-10-3-5-16-6-4-10/h3-6,8-9H,1-2,7H2,(H,18,19). The van der Waals surface area contributed by atoms with Gasteiger partial charge in [0, 0.05) is 18.5 Å². The first kappa shape index (κ1) is 14.3. The van der Waals surface area contributed by atoms with E-state index in [1.54, 1.807) is 12.4 Å². The van der Waals surface area contributed by atoms with Crippen LogP contribution < -0.4 is 4.74 Å². The van der Waals surface area contributed by atoms with Gasteiger partial charge in [-0.2, -0.15) is 0 Å². The third kappa shape index (κ3) is 4.20. The van der Waals surface area contributed by atoms with Crippen molar-refractivity contribution in [3.8, 4) is 5.88 Å². The lowest BCUT2D eigenvalue weighted by molar-refractivity contribution is 0.0696. The molecular formula is C14H13ClN2O3. The molecule has 0 aliphatic carbocycles. The Kier molecular flexibility index (Phi) is 4.90. The number of nitrogens with zero attached hydrogens (tertiary/aromatic N) is 2. The highest BCUT2D eigenvalue weighted by atomic mass is 35.5. The van der Waals surface area contributed by atoms with E-state index in [2.05, 4.69) is 9.97 Å². The number of carboxylic acid groups (broad SMARTS) is 1. The number of aromatic nitrogens is 2. The highest BCUT2D eigenvalue weighted by Crippen LogP contribution is 2.16. The molecule has 5 nitrogen and oxygen atoms in total. The molecule has 0 unspecified atom stereocenters. The van der Waals surface area contributed by atoms with Crippen LogP contribution in [-0.2, 0) is 6.42 Å². The zero-order chi connectivity index (χ0) is 14.4. The third-order valence-electron chi connectivity index (χ3n) is 2.63. The first-order valence-corrected chi connectivity index (χ1v) is 6.45. The van der Waals surface area contributed by atoms with Gasteiger partial charge in [0.15, 0.2) is 0 Å². The molecule has 0 radical (unpaired) electrons. The van der Waals surface area contributed by atoms with Crippen molar-refractivity contribution in [2.75, 3.05) is 6.61 Å². The SMILES string of the molecule is O=C(O)c1cc(Cl)nc(OCCCc2ccncc2)c1. The summed E-state index contributed by atoms with van der Waals surface area (Å²) in [5.41, 5.74) is 1.24. The Bertz CT molecular complexity index is 590. The van der Waals surface area contributed by atoms with Crippen LogP contribution in [0, 0.1) is 0 Å². The molecule has 0 aliphatic rings. The van der Waals surface area contributed by atoms with Crippen LogP contribution >= 0.6 is 11.6 Å². The maximum absolute atomic E-state index is 10.9. The summed E-state index contributed by atoms with van der Waals surface area (Å²) in [6, 6.07) is 6.54. The molecular weight excluding hydrogens is 280 g/mol. The summed E-state index contributed by atoms with van der Waals surface area (Å²) in [7, 11) is 0. The topological polar surface area (TPSA) is 72.3 Å². The Hall–Kier alpha value is -2.14. The smallest absolute Gasteiger partial charge is 0.335 e. The van der Waals surface area contributed by atoms with Crippen LogP contribution in [0.4, 0.5) is 0 Å². The summed E-state index contributed by atoms with van der Waals surface area (Å²) >= 11 is 5.74. The van der Waals surface area contributed by atoms with Crippen molar-refractivity contribution in [2.24, 2.45) is 0 Å². The summed E-state index contributed by atoms with van der Waals surface area (Å²) in [4.78, 5) is 18.7. The van der Waals surface area contributed by atoms with Crippen molar-refractivity contribution in [2.45, 2.75) is 12.8 Å². The van der Waals surface area contributed by atoms with Crippen LogP contribution in [0.25, 0.3) is 0 Å². The number of aromatic carboxylic acids is 1. The second-order valence-corrected chi connectivity index (χ2v) is 4.52. The van der Waals surface area contributed by atoms with E-state index in [-0.39, 0.29) is 16.6 Å². The fourth-order valence-corrected chi connectivity index (χ4v) is 1.87. The fraction of sp³-hybridized carbons (Fsp3) is 0.214. The minimum absolute atomic E-state index is 0.0640. The van der Waals surface area contributed by atoms with Crippen LogP contribution in [0.2, 0.25) is 5.15 Å². The molecule has 104 valence electrons. The minimum atomic E-state index is -1.06. The van der Waals surface area contributed by atoms with Crippen LogP contribution in [-0.4, -0.2) is 27.7 Å². The number of aryl methyl sites for hydroxylation is 1. The van der Waals surface area contributed by atoms with Gasteiger partial charge in [0.05, 0.1) is 12.2 Å². The number of carboxylic acids is 1. The van der Waals surface area contributed by atoms with E-state index < -0.39 is 5.97 Å². The van der Waals surface area contributed by atoms with Gasteiger partial charge in [-0.25, -0.2) is 9.78 Å². The minimum Gasteiger partial charge on any atom is -0.478 e. The summed E-state index contributed by atoms with van der Waals surface area (Å²) < 4.78 is 5.42. The van der Waals surface area contributed by atoms with Gasteiger partial charge in [-0.05, 0) is 36.6 Å². The van der Waals surface area contributed by atoms with E-state index >= 15 is 0 Å². The molecule has 0 aromatic carbocycles. The van der Waals surface area contributed by atoms with Crippen molar-refractivity contribution in [3.63, 3.8) is 0 Å². The second kappa shape index (κ2) is 6.86. The summed E-state index contributed by atoms with van der Waals surface area (Å²) in [5, 5.41) is 9.01. The van der Waals surface area contributed by atoms with E-state index in [0.29, 0.717) is 6.61 Å². The van der Waals surface area contributed by atoms with E-state index in [1.807, 2.05) is 12.1 Å². The maximum atomic E-state index is 10.9. The molecule has 2 aromatic rings. The molecule has 0 fully saturated rings. The van der Waals surface area contributed by atoms with Gasteiger partial charge in [-0.3, -0.25) is 4.98 Å². The van der Waals surface area contributed by atoms with E-state index in [0.717, 1.165) is 12.8 Å². The quantitative estimate of drug-likeness (QED) is 0.655. The van der Waals surface area contributed by atoms with Crippen LogP contribution in [0.3, 0.4) is 0 Å². The Balaban J connectivity index is 1.86. The van der Waals surface area contributed by atoms with Gasteiger partial charge < -0.3 is 9.84 Å². The Morgan fingerprint density at radius 3 is 2.75 bits per heavy atom. The first-order chi connectivity index (χ1) is 9.65. The molecule has 20 heavy (non-hydrogen) atoms. The number of ether oxygens (including phenoxy) is 1. The summed E-state index contributed by atoms with van der Waals surface area (Å²) in [5.74, 6) is -0.833. The number of hydrogen-bond donors (Lipinski definition) is 1. The summed E-state index contributed by atoms with van der Waals surface area (Å²) in [6.45, 7) is 0.439. The number of rotatable bonds is 6. The zero-order valence-corrected chi connectivity index (χ0v) is 11.4. The first-order valence-electron chi connectivity index (χ1n) is 6.08. The highest BCUT2D eigenvalue weighted by molar-refractivity contribution is 6.29. The average Bonchev–Trinajstić information content (AvgIpc) is 2.44. The van der Waals surface area contributed by atoms with Gasteiger partial charge in [0.1, 0.15) is 5.15 Å². The molecule has 0 amide bonds. The monoisotopic (exact) mass is 292 g/mol.